The van der Waals surface area contributed by atoms with Crippen LogP contribution in [0.15, 0.2) is 40.9 Å². The van der Waals surface area contributed by atoms with E-state index in [4.69, 9.17) is 4.42 Å². The predicted octanol–water partition coefficient (Wildman–Crippen LogP) is 3.79. The van der Waals surface area contributed by atoms with Crippen molar-refractivity contribution in [3.63, 3.8) is 0 Å². The number of aryl methyl sites for hydroxylation is 2. The molecule has 0 saturated heterocycles. The molecule has 3 heterocycles. The SMILES string of the molecule is Cc1ncc2c(n1)NCCCC2NCc1nc(-c2ccccc2)oc1C. The average Bonchev–Trinajstić information content (AvgIpc) is 2.91. The number of fused-ring (bicyclic) bond motifs is 1. The fourth-order valence-electron chi connectivity index (χ4n) is 3.27. The highest BCUT2D eigenvalue weighted by Crippen LogP contribution is 2.28. The first-order valence-corrected chi connectivity index (χ1v) is 9.03. The fourth-order valence-corrected chi connectivity index (χ4v) is 3.27. The molecule has 6 heteroatoms. The standard InChI is InChI=1S/C20H23N5O/c1-13-18(25-20(26-13)15-7-4-3-5-8-15)12-23-17-9-6-10-21-19-16(17)11-22-14(2)24-19/h3-5,7-8,11,17,23H,6,9-10,12H2,1-2H3,(H,21,22,24). The molecule has 1 atom stereocenters. The Hall–Kier alpha value is -2.73. The Morgan fingerprint density at radius 2 is 2.04 bits per heavy atom. The Labute approximate surface area is 153 Å². The third-order valence-electron chi connectivity index (χ3n) is 4.70. The number of oxazole rings is 1. The minimum absolute atomic E-state index is 0.205. The minimum atomic E-state index is 0.205. The van der Waals surface area contributed by atoms with Gasteiger partial charge in [-0.25, -0.2) is 15.0 Å². The van der Waals surface area contributed by atoms with E-state index in [1.807, 2.05) is 50.4 Å². The van der Waals surface area contributed by atoms with Crippen LogP contribution in [0.25, 0.3) is 11.5 Å². The van der Waals surface area contributed by atoms with E-state index in [1.54, 1.807) is 0 Å². The molecule has 0 saturated carbocycles. The molecule has 0 aliphatic carbocycles. The number of anilines is 1. The summed E-state index contributed by atoms with van der Waals surface area (Å²) in [5.41, 5.74) is 3.06. The van der Waals surface area contributed by atoms with Gasteiger partial charge >= 0.3 is 0 Å². The number of hydrogen-bond acceptors (Lipinski definition) is 6. The average molecular weight is 349 g/mol. The number of aromatic nitrogens is 3. The first-order chi connectivity index (χ1) is 12.7. The normalized spacial score (nSPS) is 16.6. The molecular formula is C20H23N5O. The zero-order chi connectivity index (χ0) is 17.9. The second-order valence-electron chi connectivity index (χ2n) is 6.61. The van der Waals surface area contributed by atoms with Crippen LogP contribution in [0.5, 0.6) is 0 Å². The molecule has 2 aromatic heterocycles. The maximum Gasteiger partial charge on any atom is 0.226 e. The van der Waals surface area contributed by atoms with Gasteiger partial charge in [0.1, 0.15) is 17.4 Å². The number of nitrogens with zero attached hydrogens (tertiary/aromatic N) is 3. The van der Waals surface area contributed by atoms with Crippen molar-refractivity contribution < 1.29 is 4.42 Å². The van der Waals surface area contributed by atoms with Crippen LogP contribution >= 0.6 is 0 Å². The van der Waals surface area contributed by atoms with Crippen molar-refractivity contribution in [2.45, 2.75) is 39.3 Å². The molecule has 26 heavy (non-hydrogen) atoms. The van der Waals surface area contributed by atoms with Gasteiger partial charge < -0.3 is 15.1 Å². The summed E-state index contributed by atoms with van der Waals surface area (Å²) in [7, 11) is 0. The van der Waals surface area contributed by atoms with E-state index < -0.39 is 0 Å². The lowest BCUT2D eigenvalue weighted by atomic mass is 10.1. The van der Waals surface area contributed by atoms with Crippen LogP contribution in [0.1, 0.15) is 41.7 Å². The Morgan fingerprint density at radius 1 is 1.19 bits per heavy atom. The van der Waals surface area contributed by atoms with E-state index in [0.29, 0.717) is 12.4 Å². The van der Waals surface area contributed by atoms with Crippen LogP contribution in [-0.4, -0.2) is 21.5 Å². The van der Waals surface area contributed by atoms with Gasteiger partial charge in [0.2, 0.25) is 5.89 Å². The van der Waals surface area contributed by atoms with Crippen molar-refractivity contribution in [2.75, 3.05) is 11.9 Å². The zero-order valence-corrected chi connectivity index (χ0v) is 15.1. The van der Waals surface area contributed by atoms with Crippen molar-refractivity contribution in [1.29, 1.82) is 0 Å². The molecule has 1 aliphatic rings. The van der Waals surface area contributed by atoms with E-state index in [-0.39, 0.29) is 6.04 Å². The van der Waals surface area contributed by atoms with Crippen LogP contribution in [0.2, 0.25) is 0 Å². The monoisotopic (exact) mass is 349 g/mol. The molecule has 3 aromatic rings. The summed E-state index contributed by atoms with van der Waals surface area (Å²) in [4.78, 5) is 13.6. The smallest absolute Gasteiger partial charge is 0.226 e. The van der Waals surface area contributed by atoms with Gasteiger partial charge in [0.05, 0.1) is 5.69 Å². The lowest BCUT2D eigenvalue weighted by Crippen LogP contribution is -2.22. The Kier molecular flexibility index (Phi) is 4.67. The first kappa shape index (κ1) is 16.7. The van der Waals surface area contributed by atoms with Crippen molar-refractivity contribution in [3.05, 3.63) is 59.4 Å². The molecule has 4 rings (SSSR count). The summed E-state index contributed by atoms with van der Waals surface area (Å²) < 4.78 is 5.86. The third-order valence-corrected chi connectivity index (χ3v) is 4.70. The zero-order valence-electron chi connectivity index (χ0n) is 15.1. The second-order valence-corrected chi connectivity index (χ2v) is 6.61. The summed E-state index contributed by atoms with van der Waals surface area (Å²) in [6.07, 6.45) is 4.05. The molecule has 2 N–H and O–H groups in total. The first-order valence-electron chi connectivity index (χ1n) is 9.03. The Morgan fingerprint density at radius 3 is 2.88 bits per heavy atom. The summed E-state index contributed by atoms with van der Waals surface area (Å²) in [5.74, 6) is 3.25. The number of hydrogen-bond donors (Lipinski definition) is 2. The third kappa shape index (κ3) is 3.46. The molecule has 0 fully saturated rings. The maximum absolute atomic E-state index is 5.86. The molecule has 1 aliphatic heterocycles. The molecule has 0 bridgehead atoms. The maximum atomic E-state index is 5.86. The van der Waals surface area contributed by atoms with Gasteiger partial charge in [-0.3, -0.25) is 0 Å². The molecule has 0 amide bonds. The highest BCUT2D eigenvalue weighted by atomic mass is 16.4. The van der Waals surface area contributed by atoms with E-state index in [0.717, 1.165) is 53.6 Å². The van der Waals surface area contributed by atoms with Gasteiger partial charge in [-0.2, -0.15) is 0 Å². The number of nitrogens with one attached hydrogen (secondary N) is 2. The summed E-state index contributed by atoms with van der Waals surface area (Å²) >= 11 is 0. The van der Waals surface area contributed by atoms with Gasteiger partial charge in [0, 0.05) is 36.5 Å². The summed E-state index contributed by atoms with van der Waals surface area (Å²) in [6, 6.07) is 10.2. The molecule has 0 spiro atoms. The van der Waals surface area contributed by atoms with Crippen molar-refractivity contribution in [2.24, 2.45) is 0 Å². The van der Waals surface area contributed by atoms with E-state index in [9.17, 15) is 0 Å². The van der Waals surface area contributed by atoms with Gasteiger partial charge in [-0.15, -0.1) is 0 Å². The molecule has 6 nitrogen and oxygen atoms in total. The molecule has 134 valence electrons. The highest BCUT2D eigenvalue weighted by Gasteiger charge is 2.21. The molecular weight excluding hydrogens is 326 g/mol. The van der Waals surface area contributed by atoms with Gasteiger partial charge in [-0.1, -0.05) is 18.2 Å². The summed E-state index contributed by atoms with van der Waals surface area (Å²) in [5, 5.41) is 7.02. The number of benzene rings is 1. The van der Waals surface area contributed by atoms with E-state index >= 15 is 0 Å². The second kappa shape index (κ2) is 7.25. The van der Waals surface area contributed by atoms with Gasteiger partial charge in [0.15, 0.2) is 0 Å². The molecule has 1 unspecified atom stereocenters. The Bertz CT molecular complexity index is 890. The van der Waals surface area contributed by atoms with Crippen LogP contribution in [0.4, 0.5) is 5.82 Å². The van der Waals surface area contributed by atoms with Crippen LogP contribution in [0.3, 0.4) is 0 Å². The summed E-state index contributed by atoms with van der Waals surface area (Å²) in [6.45, 7) is 5.47. The highest BCUT2D eigenvalue weighted by molar-refractivity contribution is 5.53. The van der Waals surface area contributed by atoms with Crippen LogP contribution in [0, 0.1) is 13.8 Å². The molecule has 0 radical (unpaired) electrons. The topological polar surface area (TPSA) is 75.9 Å². The quantitative estimate of drug-likeness (QED) is 0.746. The number of rotatable bonds is 4. The predicted molar refractivity (Wildman–Crippen MR) is 101 cm³/mol. The fraction of sp³-hybridized carbons (Fsp3) is 0.350. The van der Waals surface area contributed by atoms with Gasteiger partial charge in [0.25, 0.3) is 0 Å². The minimum Gasteiger partial charge on any atom is -0.441 e. The lowest BCUT2D eigenvalue weighted by Gasteiger charge is -2.17. The van der Waals surface area contributed by atoms with Crippen LogP contribution in [-0.2, 0) is 6.54 Å². The lowest BCUT2D eigenvalue weighted by molar-refractivity contribution is 0.486. The molecule has 1 aromatic carbocycles. The van der Waals surface area contributed by atoms with E-state index in [2.05, 4.69) is 25.6 Å². The van der Waals surface area contributed by atoms with Crippen molar-refractivity contribution >= 4 is 5.82 Å². The van der Waals surface area contributed by atoms with E-state index in [1.165, 1.54) is 0 Å². The van der Waals surface area contributed by atoms with Crippen LogP contribution < -0.4 is 10.6 Å². The largest absolute Gasteiger partial charge is 0.441 e. The van der Waals surface area contributed by atoms with Crippen molar-refractivity contribution in [1.82, 2.24) is 20.3 Å². The van der Waals surface area contributed by atoms with Gasteiger partial charge in [-0.05, 0) is 38.8 Å². The Balaban J connectivity index is 1.52. The van der Waals surface area contributed by atoms with Crippen molar-refractivity contribution in [3.8, 4) is 11.5 Å².